The summed E-state index contributed by atoms with van der Waals surface area (Å²) in [6.45, 7) is 23.5. The molecule has 3 aliphatic rings. The molecule has 0 atom stereocenters. The van der Waals surface area contributed by atoms with E-state index in [0.717, 1.165) is 33.3 Å². The normalized spacial score (nSPS) is 15.9. The highest BCUT2D eigenvalue weighted by molar-refractivity contribution is 7.32. The Balaban J connectivity index is 1.14. The molecule has 0 N–H and O–H groups in total. The number of hydrogen-bond donors (Lipinski definition) is 0. The Morgan fingerprint density at radius 3 is 1.81 bits per heavy atom. The molecule has 0 spiro atoms. The molecule has 8 aromatic carbocycles. The third-order valence-electron chi connectivity index (χ3n) is 16.8. The lowest BCUT2D eigenvalue weighted by molar-refractivity contribution is 0.332. The Labute approximate surface area is 431 Å². The van der Waals surface area contributed by atoms with Gasteiger partial charge in [-0.1, -0.05) is 148 Å². The summed E-state index contributed by atoms with van der Waals surface area (Å²) in [7, 11) is 0. The summed E-state index contributed by atoms with van der Waals surface area (Å²) in [5, 5.41) is 6.24. The summed E-state index contributed by atoms with van der Waals surface area (Å²) in [5.74, 6) is 0. The zero-order chi connectivity index (χ0) is 49.4. The van der Waals surface area contributed by atoms with E-state index in [1.165, 1.54) is 115 Å². The molecule has 6 heteroatoms. The molecule has 0 radical (unpaired) electrons. The van der Waals surface area contributed by atoms with Gasteiger partial charge >= 0.3 is 6.85 Å². The van der Waals surface area contributed by atoms with Gasteiger partial charge in [-0.2, -0.15) is 0 Å². The van der Waals surface area contributed by atoms with E-state index in [1.54, 1.807) is 0 Å². The third-order valence-corrected chi connectivity index (χ3v) is 19.1. The molecule has 354 valence electrons. The molecular formula is C66H59BN2OS2. The molecule has 3 aromatic heterocycles. The molecule has 14 rings (SSSR count). The van der Waals surface area contributed by atoms with Gasteiger partial charge in [-0.3, -0.25) is 0 Å². The van der Waals surface area contributed by atoms with Crippen LogP contribution in [0.3, 0.4) is 0 Å². The number of anilines is 5. The summed E-state index contributed by atoms with van der Waals surface area (Å²) in [6.07, 6.45) is 2.39. The zero-order valence-electron chi connectivity index (χ0n) is 43.0. The van der Waals surface area contributed by atoms with Gasteiger partial charge in [-0.05, 0) is 152 Å². The second-order valence-electron chi connectivity index (χ2n) is 24.4. The van der Waals surface area contributed by atoms with Gasteiger partial charge in [-0.25, -0.2) is 0 Å². The molecule has 72 heavy (non-hydrogen) atoms. The number of benzene rings is 8. The van der Waals surface area contributed by atoms with Crippen molar-refractivity contribution < 1.29 is 4.42 Å². The van der Waals surface area contributed by atoms with E-state index in [-0.39, 0.29) is 28.5 Å². The van der Waals surface area contributed by atoms with Crippen molar-refractivity contribution >= 4 is 120 Å². The lowest BCUT2D eigenvalue weighted by Crippen LogP contribution is -2.60. The molecule has 0 unspecified atom stereocenters. The summed E-state index contributed by atoms with van der Waals surface area (Å²) in [4.78, 5) is 5.30. The van der Waals surface area contributed by atoms with Crippen LogP contribution in [0.25, 0.3) is 74.5 Å². The minimum absolute atomic E-state index is 0.00340. The predicted molar refractivity (Wildman–Crippen MR) is 314 cm³/mol. The van der Waals surface area contributed by atoms with Crippen molar-refractivity contribution in [1.82, 2.24) is 0 Å². The lowest BCUT2D eigenvalue weighted by Gasteiger charge is -2.44. The highest BCUT2D eigenvalue weighted by Crippen LogP contribution is 2.56. The van der Waals surface area contributed by atoms with Crippen LogP contribution in [0.15, 0.2) is 156 Å². The number of furan rings is 1. The second-order valence-corrected chi connectivity index (χ2v) is 26.6. The largest absolute Gasteiger partial charge is 0.454 e. The van der Waals surface area contributed by atoms with Crippen LogP contribution in [-0.2, 0) is 21.7 Å². The molecule has 0 amide bonds. The number of nitrogens with zero attached hydrogens (tertiary/aromatic N) is 2. The predicted octanol–water partition coefficient (Wildman–Crippen LogP) is 18.5. The van der Waals surface area contributed by atoms with Gasteiger partial charge in [-0.15, -0.1) is 22.7 Å². The average molecular weight is 971 g/mol. The molecule has 0 saturated carbocycles. The number of para-hydroxylation sites is 1. The van der Waals surface area contributed by atoms with Gasteiger partial charge in [0.15, 0.2) is 5.58 Å². The van der Waals surface area contributed by atoms with Crippen LogP contribution in [0.1, 0.15) is 104 Å². The van der Waals surface area contributed by atoms with Crippen LogP contribution < -0.4 is 20.0 Å². The van der Waals surface area contributed by atoms with Crippen LogP contribution in [-0.4, -0.2) is 6.85 Å². The van der Waals surface area contributed by atoms with Crippen LogP contribution in [0.5, 0.6) is 0 Å². The first-order valence-electron chi connectivity index (χ1n) is 25.9. The molecule has 5 heterocycles. The maximum Gasteiger partial charge on any atom is 0.343 e. The van der Waals surface area contributed by atoms with E-state index in [2.05, 4.69) is 231 Å². The average Bonchev–Trinajstić information content (AvgIpc) is 4.05. The molecule has 0 saturated heterocycles. The molecule has 11 aromatic rings. The molecular weight excluding hydrogens is 912 g/mol. The smallest absolute Gasteiger partial charge is 0.343 e. The van der Waals surface area contributed by atoms with Crippen molar-refractivity contribution in [2.45, 2.75) is 104 Å². The minimum atomic E-state index is -0.154. The fourth-order valence-corrected chi connectivity index (χ4v) is 15.0. The van der Waals surface area contributed by atoms with E-state index in [4.69, 9.17) is 4.42 Å². The number of fused-ring (bicyclic) bond motifs is 14. The molecule has 0 fully saturated rings. The van der Waals surface area contributed by atoms with Crippen LogP contribution in [0.4, 0.5) is 28.4 Å². The molecule has 1 aliphatic carbocycles. The van der Waals surface area contributed by atoms with Gasteiger partial charge in [0.05, 0.1) is 11.4 Å². The Bertz CT molecular complexity index is 4060. The van der Waals surface area contributed by atoms with Crippen LogP contribution >= 0.6 is 22.7 Å². The van der Waals surface area contributed by atoms with Crippen molar-refractivity contribution in [2.24, 2.45) is 0 Å². The van der Waals surface area contributed by atoms with Crippen molar-refractivity contribution in [3.8, 4) is 22.3 Å². The second kappa shape index (κ2) is 15.0. The maximum atomic E-state index is 7.28. The highest BCUT2D eigenvalue weighted by Gasteiger charge is 2.49. The first kappa shape index (κ1) is 44.1. The molecule has 3 nitrogen and oxygen atoms in total. The monoisotopic (exact) mass is 970 g/mol. The summed E-state index contributed by atoms with van der Waals surface area (Å²) in [6, 6.07) is 58.3. The third kappa shape index (κ3) is 6.40. The Morgan fingerprint density at radius 1 is 0.500 bits per heavy atom. The number of hydrogen-bond acceptors (Lipinski definition) is 5. The van der Waals surface area contributed by atoms with E-state index < -0.39 is 0 Å². The highest BCUT2D eigenvalue weighted by atomic mass is 32.1. The number of thiophene rings is 2. The van der Waals surface area contributed by atoms with Crippen LogP contribution in [0, 0.1) is 0 Å². The first-order valence-corrected chi connectivity index (χ1v) is 27.5. The van der Waals surface area contributed by atoms with E-state index in [9.17, 15) is 0 Å². The van der Waals surface area contributed by atoms with Gasteiger partial charge in [0.25, 0.3) is 0 Å². The van der Waals surface area contributed by atoms with Gasteiger partial charge in [0.2, 0.25) is 0 Å². The topological polar surface area (TPSA) is 19.6 Å². The van der Waals surface area contributed by atoms with Gasteiger partial charge in [0, 0.05) is 68.4 Å². The maximum absolute atomic E-state index is 7.28. The van der Waals surface area contributed by atoms with E-state index >= 15 is 0 Å². The van der Waals surface area contributed by atoms with E-state index in [0.29, 0.717) is 0 Å². The summed E-state index contributed by atoms with van der Waals surface area (Å²) in [5.41, 5.74) is 19.9. The fraction of sp³-hybridized carbons (Fsp3) is 0.242. The Morgan fingerprint density at radius 2 is 1.11 bits per heavy atom. The van der Waals surface area contributed by atoms with Crippen molar-refractivity contribution in [2.75, 3.05) is 9.71 Å². The Kier molecular flexibility index (Phi) is 9.19. The van der Waals surface area contributed by atoms with Crippen molar-refractivity contribution in [3.63, 3.8) is 0 Å². The minimum Gasteiger partial charge on any atom is -0.454 e. The summed E-state index contributed by atoms with van der Waals surface area (Å²) < 4.78 is 12.6. The fourth-order valence-electron chi connectivity index (χ4n) is 12.6. The van der Waals surface area contributed by atoms with Crippen LogP contribution in [0.2, 0.25) is 0 Å². The van der Waals surface area contributed by atoms with Crippen molar-refractivity contribution in [3.05, 3.63) is 174 Å². The SMILES string of the molecule is CC(C)(C)c1ccc(N2B3c4sc5ccc(-c6ccccc6)cc5c4N(c4ccc(C(C)(C)C)cc4)c4c3c(cc3c4oc4ccccc43)-c3cc4c(cc32)sc2cc3c(cc24)C(C)(C)CCC3(C)C)cc1. The lowest BCUT2D eigenvalue weighted by atomic mass is 9.46. The summed E-state index contributed by atoms with van der Waals surface area (Å²) >= 11 is 3.92. The number of rotatable bonds is 3. The standard InChI is InChI=1S/C66H59BN2OS2/c1-63(2,3)40-21-25-42(26-22-40)68-59-50-32-39(38-16-12-11-13-17-38)20-29-55(50)72-62(59)67-58-48(34-49-44-18-14-15-19-54(44)70-61(49)60(58)68)45-33-46-47-35-51-52(66(9,10)31-30-65(51,7)8)36-56(47)71-57(46)37-53(45)69(67)43-27-23-41(24-28-43)64(4,5)6/h11-29,32-37H,30-31H2,1-10H3. The molecule has 0 bridgehead atoms. The van der Waals surface area contributed by atoms with E-state index in [1.807, 2.05) is 22.7 Å². The zero-order valence-corrected chi connectivity index (χ0v) is 44.7. The Hall–Kier alpha value is -6.60. The molecule has 2 aliphatic heterocycles. The van der Waals surface area contributed by atoms with Gasteiger partial charge in [0.1, 0.15) is 5.58 Å². The van der Waals surface area contributed by atoms with Gasteiger partial charge < -0.3 is 14.1 Å². The first-order chi connectivity index (χ1) is 34.4. The quantitative estimate of drug-likeness (QED) is 0.165. The van der Waals surface area contributed by atoms with Crippen molar-refractivity contribution in [1.29, 1.82) is 0 Å².